The molecule has 0 bridgehead atoms. The van der Waals surface area contributed by atoms with Gasteiger partial charge in [0.15, 0.2) is 0 Å². The average Bonchev–Trinajstić information content (AvgIpc) is 2.26. The fourth-order valence-corrected chi connectivity index (χ4v) is 3.18. The van der Waals surface area contributed by atoms with Crippen LogP contribution in [0.5, 0.6) is 0 Å². The van der Waals surface area contributed by atoms with Gasteiger partial charge in [-0.25, -0.2) is 8.42 Å². The highest BCUT2D eigenvalue weighted by atomic mass is 127. The fraction of sp³-hybridized carbons (Fsp3) is 1.00. The Morgan fingerprint density at radius 3 is 1.57 bits per heavy atom. The normalized spacial score (nSPS) is 15.6. The van der Waals surface area contributed by atoms with Crippen LogP contribution in [0, 0.1) is 0 Å². The third-order valence-electron chi connectivity index (χ3n) is 2.25. The minimum Gasteiger partial charge on any atom is -0.206 e. The van der Waals surface area contributed by atoms with Gasteiger partial charge in [0.25, 0.3) is 10.0 Å². The van der Waals surface area contributed by atoms with Crippen molar-refractivity contribution in [1.82, 2.24) is 4.31 Å². The van der Waals surface area contributed by atoms with Crippen molar-refractivity contribution < 1.29 is 47.9 Å². The molecule has 0 aromatic rings. The van der Waals surface area contributed by atoms with Gasteiger partial charge in [-0.1, -0.05) is 22.6 Å². The quantitative estimate of drug-likeness (QED) is 0.342. The van der Waals surface area contributed by atoms with E-state index in [4.69, 9.17) is 0 Å². The number of hydrogen-bond donors (Lipinski definition) is 0. The van der Waals surface area contributed by atoms with E-state index in [1.165, 1.54) is 22.6 Å². The van der Waals surface area contributed by atoms with Gasteiger partial charge in [-0.15, -0.1) is 0 Å². The SMILES string of the molecule is CN(CCI)S(=O)(=O)C(F)(F)C(F)(F)C(F)(F)C(F)(F)F. The van der Waals surface area contributed by atoms with E-state index in [1.54, 1.807) is 0 Å². The first-order valence-electron chi connectivity index (χ1n) is 4.70. The molecule has 0 aromatic heterocycles. The Hall–Kier alpha value is 0.01000. The molecule has 0 amide bonds. The molecule has 0 aliphatic rings. The highest BCUT2D eigenvalue weighted by Gasteiger charge is 2.85. The van der Waals surface area contributed by atoms with E-state index in [-0.39, 0.29) is 4.43 Å². The summed E-state index contributed by atoms with van der Waals surface area (Å²) in [5, 5.41) is -6.65. The number of sulfonamides is 1. The van der Waals surface area contributed by atoms with E-state index in [0.717, 1.165) is 0 Å². The Labute approximate surface area is 126 Å². The van der Waals surface area contributed by atoms with Crippen LogP contribution in [0.4, 0.5) is 39.5 Å². The predicted octanol–water partition coefficient (Wildman–Crippen LogP) is 3.11. The maximum Gasteiger partial charge on any atom is 0.460 e. The van der Waals surface area contributed by atoms with Gasteiger partial charge in [0.1, 0.15) is 0 Å². The van der Waals surface area contributed by atoms with Crippen molar-refractivity contribution in [3.05, 3.63) is 0 Å². The monoisotopic (exact) mass is 467 g/mol. The van der Waals surface area contributed by atoms with E-state index in [0.29, 0.717) is 7.05 Å². The molecule has 128 valence electrons. The van der Waals surface area contributed by atoms with Crippen LogP contribution in [-0.4, -0.2) is 54.0 Å². The molecule has 0 N–H and O–H groups in total. The lowest BCUT2D eigenvalue weighted by atomic mass is 10.1. The predicted molar refractivity (Wildman–Crippen MR) is 61.3 cm³/mol. The largest absolute Gasteiger partial charge is 0.460 e. The first-order chi connectivity index (χ1) is 8.98. The zero-order chi connectivity index (χ0) is 17.5. The summed E-state index contributed by atoms with van der Waals surface area (Å²) in [4.78, 5) is 0. The van der Waals surface area contributed by atoms with Crippen molar-refractivity contribution in [2.24, 2.45) is 0 Å². The van der Waals surface area contributed by atoms with Gasteiger partial charge >= 0.3 is 23.3 Å². The Balaban J connectivity index is 6.02. The van der Waals surface area contributed by atoms with Crippen LogP contribution in [-0.2, 0) is 10.0 Å². The average molecular weight is 467 g/mol. The Morgan fingerprint density at radius 2 is 1.29 bits per heavy atom. The lowest BCUT2D eigenvalue weighted by Gasteiger charge is -2.34. The molecule has 0 aliphatic carbocycles. The van der Waals surface area contributed by atoms with Crippen LogP contribution >= 0.6 is 22.6 Å². The maximum absolute atomic E-state index is 13.2. The summed E-state index contributed by atoms with van der Waals surface area (Å²) in [5.74, 6) is -14.4. The minimum absolute atomic E-state index is 0.190. The van der Waals surface area contributed by atoms with Crippen molar-refractivity contribution in [1.29, 1.82) is 0 Å². The molecule has 0 saturated carbocycles. The van der Waals surface area contributed by atoms with Gasteiger partial charge in [0, 0.05) is 18.0 Å². The van der Waals surface area contributed by atoms with Crippen molar-refractivity contribution in [3.63, 3.8) is 0 Å². The summed E-state index contributed by atoms with van der Waals surface area (Å²) >= 11 is 1.45. The molecule has 0 fully saturated rings. The molecule has 0 radical (unpaired) electrons. The molecule has 0 heterocycles. The maximum atomic E-state index is 13.2. The summed E-state index contributed by atoms with van der Waals surface area (Å²) < 4.78 is 135. The molecule has 0 unspecified atom stereocenters. The van der Waals surface area contributed by atoms with Crippen molar-refractivity contribution in [2.75, 3.05) is 18.0 Å². The van der Waals surface area contributed by atoms with Crippen LogP contribution in [0.2, 0.25) is 0 Å². The summed E-state index contributed by atoms with van der Waals surface area (Å²) in [6, 6.07) is 0. The smallest absolute Gasteiger partial charge is 0.206 e. The summed E-state index contributed by atoms with van der Waals surface area (Å²) in [6.45, 7) is -0.786. The van der Waals surface area contributed by atoms with Crippen molar-refractivity contribution >= 4 is 32.6 Å². The van der Waals surface area contributed by atoms with Gasteiger partial charge in [-0.2, -0.15) is 43.8 Å². The molecule has 0 rings (SSSR count). The minimum atomic E-state index is -7.23. The van der Waals surface area contributed by atoms with E-state index in [2.05, 4.69) is 0 Å². The van der Waals surface area contributed by atoms with Gasteiger partial charge in [0.2, 0.25) is 0 Å². The van der Waals surface area contributed by atoms with Crippen LogP contribution in [0.3, 0.4) is 0 Å². The lowest BCUT2D eigenvalue weighted by molar-refractivity contribution is -0.382. The number of nitrogens with zero attached hydrogens (tertiary/aromatic N) is 1. The second-order valence-electron chi connectivity index (χ2n) is 3.68. The summed E-state index contributed by atoms with van der Waals surface area (Å²) in [7, 11) is -6.09. The van der Waals surface area contributed by atoms with Gasteiger partial charge in [0.05, 0.1) is 0 Å². The molecule has 0 aliphatic heterocycles. The van der Waals surface area contributed by atoms with Crippen molar-refractivity contribution in [2.45, 2.75) is 23.3 Å². The number of hydrogen-bond acceptors (Lipinski definition) is 2. The van der Waals surface area contributed by atoms with E-state index < -0.39 is 44.1 Å². The Morgan fingerprint density at radius 1 is 0.905 bits per heavy atom. The van der Waals surface area contributed by atoms with Gasteiger partial charge in [-0.05, 0) is 0 Å². The molecule has 14 heteroatoms. The molecule has 0 atom stereocenters. The third-order valence-corrected chi connectivity index (χ3v) is 4.64. The molecule has 0 aromatic carbocycles. The lowest BCUT2D eigenvalue weighted by Crippen LogP contribution is -2.65. The van der Waals surface area contributed by atoms with E-state index in [9.17, 15) is 47.9 Å². The highest BCUT2D eigenvalue weighted by molar-refractivity contribution is 14.1. The molecule has 0 spiro atoms. The fourth-order valence-electron chi connectivity index (χ4n) is 0.958. The standard InChI is InChI=1S/C7H7F9INO2S/c1-18(3-2-17)21(19,20)7(15,16)5(10,11)4(8,9)6(12,13)14/h2-3H2,1H3. The van der Waals surface area contributed by atoms with Crippen LogP contribution < -0.4 is 0 Å². The number of alkyl halides is 10. The Kier molecular flexibility index (Phi) is 5.90. The number of rotatable bonds is 6. The van der Waals surface area contributed by atoms with E-state index >= 15 is 0 Å². The van der Waals surface area contributed by atoms with Crippen LogP contribution in [0.25, 0.3) is 0 Å². The van der Waals surface area contributed by atoms with Crippen molar-refractivity contribution in [3.8, 4) is 0 Å². The summed E-state index contributed by atoms with van der Waals surface area (Å²) in [6.07, 6.45) is -7.06. The first-order valence-corrected chi connectivity index (χ1v) is 7.67. The molecule has 3 nitrogen and oxygen atoms in total. The third kappa shape index (κ3) is 3.20. The topological polar surface area (TPSA) is 37.4 Å². The van der Waals surface area contributed by atoms with Gasteiger partial charge in [-0.3, -0.25) is 0 Å². The first kappa shape index (κ1) is 21.0. The highest BCUT2D eigenvalue weighted by Crippen LogP contribution is 2.55. The second-order valence-corrected chi connectivity index (χ2v) is 6.84. The Bertz CT molecular complexity index is 475. The number of halogens is 10. The molecular formula is C7H7F9INO2S. The zero-order valence-electron chi connectivity index (χ0n) is 9.87. The van der Waals surface area contributed by atoms with Crippen LogP contribution in [0.1, 0.15) is 0 Å². The zero-order valence-corrected chi connectivity index (χ0v) is 12.8. The second kappa shape index (κ2) is 5.90. The molecular weight excluding hydrogens is 460 g/mol. The van der Waals surface area contributed by atoms with Gasteiger partial charge < -0.3 is 0 Å². The van der Waals surface area contributed by atoms with Crippen LogP contribution in [0.15, 0.2) is 0 Å². The van der Waals surface area contributed by atoms with E-state index in [1.807, 2.05) is 0 Å². The molecule has 0 saturated heterocycles. The summed E-state index contributed by atoms with van der Waals surface area (Å²) in [5.41, 5.74) is 0. The molecule has 21 heavy (non-hydrogen) atoms.